The molecule has 0 saturated heterocycles. The highest BCUT2D eigenvalue weighted by Crippen LogP contribution is 2.19. The molecule has 0 spiro atoms. The summed E-state index contributed by atoms with van der Waals surface area (Å²) >= 11 is 0. The number of hydrogen-bond donors (Lipinski definition) is 1. The van der Waals surface area contributed by atoms with E-state index in [1.54, 1.807) is 6.26 Å². The Morgan fingerprint density at radius 1 is 1.10 bits per heavy atom. The van der Waals surface area contributed by atoms with E-state index in [-0.39, 0.29) is 0 Å². The van der Waals surface area contributed by atoms with Crippen molar-refractivity contribution in [1.82, 2.24) is 5.32 Å². The second kappa shape index (κ2) is 7.75. The third-order valence-electron chi connectivity index (χ3n) is 3.41. The molecule has 1 aromatic carbocycles. The van der Waals surface area contributed by atoms with Crippen LogP contribution in [0.15, 0.2) is 47.1 Å². The van der Waals surface area contributed by atoms with Crippen molar-refractivity contribution in [2.45, 2.75) is 33.4 Å². The molecule has 0 aliphatic heterocycles. The van der Waals surface area contributed by atoms with Gasteiger partial charge in [0, 0.05) is 24.3 Å². The normalized spacial score (nSPS) is 10.7. The molecular formula is C17H24N2O. The summed E-state index contributed by atoms with van der Waals surface area (Å²) in [6, 6.07) is 12.6. The van der Waals surface area contributed by atoms with Gasteiger partial charge in [-0.3, -0.25) is 0 Å². The van der Waals surface area contributed by atoms with Crippen LogP contribution in [0, 0.1) is 0 Å². The van der Waals surface area contributed by atoms with Gasteiger partial charge >= 0.3 is 0 Å². The molecule has 3 heteroatoms. The van der Waals surface area contributed by atoms with E-state index in [0.717, 1.165) is 38.4 Å². The van der Waals surface area contributed by atoms with Gasteiger partial charge in [0.05, 0.1) is 12.8 Å². The van der Waals surface area contributed by atoms with Crippen molar-refractivity contribution in [3.8, 4) is 0 Å². The lowest BCUT2D eigenvalue weighted by Crippen LogP contribution is -2.23. The molecule has 1 heterocycles. The average molecular weight is 272 g/mol. The molecule has 2 aromatic rings. The summed E-state index contributed by atoms with van der Waals surface area (Å²) in [6.45, 7) is 8.06. The number of nitrogens with zero attached hydrogens (tertiary/aromatic N) is 1. The van der Waals surface area contributed by atoms with Crippen molar-refractivity contribution < 1.29 is 4.42 Å². The lowest BCUT2D eigenvalue weighted by molar-refractivity contribution is 0.478. The summed E-state index contributed by atoms with van der Waals surface area (Å²) in [5.41, 5.74) is 2.52. The molecule has 3 nitrogen and oxygen atoms in total. The SMILES string of the molecule is CCCNCc1occc1CN(CC)c1ccccc1. The first-order chi connectivity index (χ1) is 9.85. The summed E-state index contributed by atoms with van der Waals surface area (Å²) in [4.78, 5) is 2.36. The maximum Gasteiger partial charge on any atom is 0.122 e. The maximum absolute atomic E-state index is 5.60. The Bertz CT molecular complexity index is 493. The molecular weight excluding hydrogens is 248 g/mol. The third-order valence-corrected chi connectivity index (χ3v) is 3.41. The van der Waals surface area contributed by atoms with Crippen LogP contribution in [0.5, 0.6) is 0 Å². The first-order valence-corrected chi connectivity index (χ1v) is 7.41. The molecule has 0 amide bonds. The maximum atomic E-state index is 5.60. The van der Waals surface area contributed by atoms with Gasteiger partial charge in [0.25, 0.3) is 0 Å². The first-order valence-electron chi connectivity index (χ1n) is 7.41. The second-order valence-corrected chi connectivity index (χ2v) is 4.90. The van der Waals surface area contributed by atoms with Gasteiger partial charge in [0.1, 0.15) is 5.76 Å². The Kier molecular flexibility index (Phi) is 5.69. The topological polar surface area (TPSA) is 28.4 Å². The van der Waals surface area contributed by atoms with E-state index < -0.39 is 0 Å². The molecule has 20 heavy (non-hydrogen) atoms. The predicted molar refractivity (Wildman–Crippen MR) is 83.9 cm³/mol. The minimum Gasteiger partial charge on any atom is -0.468 e. The highest BCUT2D eigenvalue weighted by Gasteiger charge is 2.10. The van der Waals surface area contributed by atoms with Gasteiger partial charge < -0.3 is 14.6 Å². The van der Waals surface area contributed by atoms with Crippen LogP contribution in [-0.4, -0.2) is 13.1 Å². The van der Waals surface area contributed by atoms with Crippen LogP contribution in [0.2, 0.25) is 0 Å². The fraction of sp³-hybridized carbons (Fsp3) is 0.412. The van der Waals surface area contributed by atoms with Crippen LogP contribution in [0.3, 0.4) is 0 Å². The summed E-state index contributed by atoms with van der Waals surface area (Å²) in [5.74, 6) is 1.05. The molecule has 0 atom stereocenters. The first kappa shape index (κ1) is 14.7. The number of nitrogens with one attached hydrogen (secondary N) is 1. The Labute approximate surface area is 121 Å². The number of hydrogen-bond acceptors (Lipinski definition) is 3. The van der Waals surface area contributed by atoms with Crippen molar-refractivity contribution >= 4 is 5.69 Å². The van der Waals surface area contributed by atoms with Gasteiger partial charge in [-0.15, -0.1) is 0 Å². The monoisotopic (exact) mass is 272 g/mol. The van der Waals surface area contributed by atoms with Gasteiger partial charge in [0.15, 0.2) is 0 Å². The van der Waals surface area contributed by atoms with E-state index in [0.29, 0.717) is 0 Å². The molecule has 1 N–H and O–H groups in total. The summed E-state index contributed by atoms with van der Waals surface area (Å²) in [6.07, 6.45) is 2.93. The standard InChI is InChI=1S/C17H24N2O/c1-3-11-18-13-17-15(10-12-20-17)14-19(4-2)16-8-6-5-7-9-16/h5-10,12,18H,3-4,11,13-14H2,1-2H3. The highest BCUT2D eigenvalue weighted by atomic mass is 16.3. The zero-order chi connectivity index (χ0) is 14.2. The summed E-state index contributed by atoms with van der Waals surface area (Å²) < 4.78 is 5.60. The average Bonchev–Trinajstić information content (AvgIpc) is 2.93. The molecule has 0 bridgehead atoms. The zero-order valence-electron chi connectivity index (χ0n) is 12.4. The Hall–Kier alpha value is -1.74. The summed E-state index contributed by atoms with van der Waals surface area (Å²) in [5, 5.41) is 3.40. The summed E-state index contributed by atoms with van der Waals surface area (Å²) in [7, 11) is 0. The number of furan rings is 1. The van der Waals surface area contributed by atoms with E-state index in [2.05, 4.69) is 60.5 Å². The Morgan fingerprint density at radius 3 is 2.60 bits per heavy atom. The van der Waals surface area contributed by atoms with Gasteiger partial charge in [-0.05, 0) is 38.1 Å². The van der Waals surface area contributed by atoms with Crippen LogP contribution in [0.4, 0.5) is 5.69 Å². The minimum absolute atomic E-state index is 0.808. The molecule has 2 rings (SSSR count). The molecule has 0 aliphatic carbocycles. The van der Waals surface area contributed by atoms with Crippen molar-refractivity contribution in [3.63, 3.8) is 0 Å². The van der Waals surface area contributed by atoms with Gasteiger partial charge in [0.2, 0.25) is 0 Å². The number of benzene rings is 1. The number of rotatable bonds is 8. The molecule has 108 valence electrons. The van der Waals surface area contributed by atoms with Gasteiger partial charge in [-0.25, -0.2) is 0 Å². The predicted octanol–water partition coefficient (Wildman–Crippen LogP) is 3.81. The Balaban J connectivity index is 2.03. The quantitative estimate of drug-likeness (QED) is 0.741. The third kappa shape index (κ3) is 3.87. The van der Waals surface area contributed by atoms with Crippen molar-refractivity contribution in [3.05, 3.63) is 54.0 Å². The molecule has 0 saturated carbocycles. The van der Waals surface area contributed by atoms with Crippen LogP contribution in [-0.2, 0) is 13.1 Å². The van der Waals surface area contributed by atoms with Gasteiger partial charge in [-0.2, -0.15) is 0 Å². The fourth-order valence-corrected chi connectivity index (χ4v) is 2.27. The van der Waals surface area contributed by atoms with Crippen LogP contribution in [0.25, 0.3) is 0 Å². The zero-order valence-corrected chi connectivity index (χ0v) is 12.4. The van der Waals surface area contributed by atoms with Crippen LogP contribution >= 0.6 is 0 Å². The lowest BCUT2D eigenvalue weighted by atomic mass is 10.2. The van der Waals surface area contributed by atoms with Crippen molar-refractivity contribution in [2.75, 3.05) is 18.0 Å². The van der Waals surface area contributed by atoms with Crippen molar-refractivity contribution in [2.24, 2.45) is 0 Å². The minimum atomic E-state index is 0.808. The van der Waals surface area contributed by atoms with E-state index in [4.69, 9.17) is 4.42 Å². The van der Waals surface area contributed by atoms with Gasteiger partial charge in [-0.1, -0.05) is 25.1 Å². The second-order valence-electron chi connectivity index (χ2n) is 4.90. The molecule has 0 fully saturated rings. The van der Waals surface area contributed by atoms with Crippen molar-refractivity contribution in [1.29, 1.82) is 0 Å². The van der Waals surface area contributed by atoms with E-state index in [9.17, 15) is 0 Å². The number of anilines is 1. The smallest absolute Gasteiger partial charge is 0.122 e. The molecule has 0 unspecified atom stereocenters. The Morgan fingerprint density at radius 2 is 1.90 bits per heavy atom. The van der Waals surface area contributed by atoms with E-state index >= 15 is 0 Å². The van der Waals surface area contributed by atoms with E-state index in [1.165, 1.54) is 11.3 Å². The lowest BCUT2D eigenvalue weighted by Gasteiger charge is -2.23. The van der Waals surface area contributed by atoms with Crippen LogP contribution in [0.1, 0.15) is 31.6 Å². The fourth-order valence-electron chi connectivity index (χ4n) is 2.27. The highest BCUT2D eigenvalue weighted by molar-refractivity contribution is 5.46. The van der Waals surface area contributed by atoms with E-state index in [1.807, 2.05) is 0 Å². The molecule has 0 radical (unpaired) electrons. The largest absolute Gasteiger partial charge is 0.468 e. The van der Waals surface area contributed by atoms with Crippen LogP contribution < -0.4 is 10.2 Å². The number of para-hydroxylation sites is 1. The molecule has 1 aromatic heterocycles. The molecule has 0 aliphatic rings.